The first kappa shape index (κ1) is 19.5. The molecule has 0 spiro atoms. The number of amides is 2. The first-order chi connectivity index (χ1) is 10.4. The van der Waals surface area contributed by atoms with Crippen LogP contribution in [0.4, 0.5) is 21.0 Å². The van der Waals surface area contributed by atoms with Gasteiger partial charge >= 0.3 is 12.2 Å². The van der Waals surface area contributed by atoms with Crippen molar-refractivity contribution in [3.8, 4) is 0 Å². The molecule has 7 heteroatoms. The second-order valence-electron chi connectivity index (χ2n) is 6.94. The Kier molecular flexibility index (Phi) is 6.26. The molecule has 0 saturated carbocycles. The molecule has 0 aliphatic carbocycles. The fraction of sp³-hybridized carbons (Fsp3) is 0.500. The Hall–Kier alpha value is -1.51. The van der Waals surface area contributed by atoms with Crippen molar-refractivity contribution in [2.45, 2.75) is 52.7 Å². The van der Waals surface area contributed by atoms with Crippen LogP contribution in [0.2, 0.25) is 0 Å². The number of nitrogens with one attached hydrogen (secondary N) is 2. The maximum atomic E-state index is 11.9. The highest BCUT2D eigenvalue weighted by Gasteiger charge is 2.20. The Bertz CT molecular complexity index is 589. The van der Waals surface area contributed by atoms with Gasteiger partial charge in [-0.1, -0.05) is 0 Å². The molecule has 0 radical (unpaired) electrons. The van der Waals surface area contributed by atoms with Crippen LogP contribution in [0.15, 0.2) is 18.2 Å². The standard InChI is InChI=1S/C16H23IN2O4/c1-15(2,3)22-13(20)18-11-8-7-10(17)9-12(11)19-14(21)23-16(4,5)6/h7-9H,1-6H3,(H,18,20)(H,19,21). The van der Waals surface area contributed by atoms with E-state index in [2.05, 4.69) is 33.2 Å². The van der Waals surface area contributed by atoms with Crippen LogP contribution >= 0.6 is 22.6 Å². The lowest BCUT2D eigenvalue weighted by atomic mass is 10.2. The van der Waals surface area contributed by atoms with Crippen molar-refractivity contribution in [1.29, 1.82) is 0 Å². The van der Waals surface area contributed by atoms with Gasteiger partial charge in [0.05, 0.1) is 11.4 Å². The first-order valence-electron chi connectivity index (χ1n) is 7.15. The maximum Gasteiger partial charge on any atom is 0.412 e. The van der Waals surface area contributed by atoms with Gasteiger partial charge in [-0.05, 0) is 82.3 Å². The molecule has 1 aromatic carbocycles. The van der Waals surface area contributed by atoms with Crippen LogP contribution in [0.3, 0.4) is 0 Å². The van der Waals surface area contributed by atoms with Crippen molar-refractivity contribution in [3.63, 3.8) is 0 Å². The van der Waals surface area contributed by atoms with Gasteiger partial charge in [-0.3, -0.25) is 10.6 Å². The predicted molar refractivity (Wildman–Crippen MR) is 98.9 cm³/mol. The maximum absolute atomic E-state index is 11.9. The number of hydrogen-bond donors (Lipinski definition) is 2. The smallest absolute Gasteiger partial charge is 0.412 e. The van der Waals surface area contributed by atoms with Gasteiger partial charge in [0.1, 0.15) is 11.2 Å². The molecule has 0 heterocycles. The van der Waals surface area contributed by atoms with Gasteiger partial charge in [0.15, 0.2) is 0 Å². The van der Waals surface area contributed by atoms with Crippen molar-refractivity contribution < 1.29 is 19.1 Å². The van der Waals surface area contributed by atoms with E-state index in [0.29, 0.717) is 11.4 Å². The van der Waals surface area contributed by atoms with Gasteiger partial charge in [0.25, 0.3) is 0 Å². The lowest BCUT2D eigenvalue weighted by Gasteiger charge is -2.22. The van der Waals surface area contributed by atoms with Crippen LogP contribution in [0.25, 0.3) is 0 Å². The zero-order valence-corrected chi connectivity index (χ0v) is 16.4. The third kappa shape index (κ3) is 8.06. The van der Waals surface area contributed by atoms with Crippen molar-refractivity contribution >= 4 is 46.2 Å². The third-order valence-electron chi connectivity index (χ3n) is 2.25. The number of benzene rings is 1. The molecule has 0 aliphatic rings. The van der Waals surface area contributed by atoms with E-state index in [0.717, 1.165) is 3.57 Å². The van der Waals surface area contributed by atoms with Crippen LogP contribution in [0, 0.1) is 3.57 Å². The Morgan fingerprint density at radius 2 is 1.30 bits per heavy atom. The second kappa shape index (κ2) is 7.37. The zero-order valence-electron chi connectivity index (χ0n) is 14.2. The molecule has 0 atom stereocenters. The molecule has 2 N–H and O–H groups in total. The van der Waals surface area contributed by atoms with Crippen LogP contribution < -0.4 is 10.6 Å². The summed E-state index contributed by atoms with van der Waals surface area (Å²) in [6.45, 7) is 10.7. The molecule has 23 heavy (non-hydrogen) atoms. The monoisotopic (exact) mass is 434 g/mol. The Balaban J connectivity index is 2.89. The highest BCUT2D eigenvalue weighted by Crippen LogP contribution is 2.25. The number of carbonyl (C=O) groups is 2. The van der Waals surface area contributed by atoms with Crippen LogP contribution in [0.5, 0.6) is 0 Å². The summed E-state index contributed by atoms with van der Waals surface area (Å²) in [5.74, 6) is 0. The van der Waals surface area contributed by atoms with E-state index in [4.69, 9.17) is 9.47 Å². The molecule has 1 rings (SSSR count). The molecule has 0 saturated heterocycles. The van der Waals surface area contributed by atoms with Gasteiger partial charge in [0.2, 0.25) is 0 Å². The number of hydrogen-bond acceptors (Lipinski definition) is 4. The molecule has 0 bridgehead atoms. The molecular weight excluding hydrogens is 411 g/mol. The minimum atomic E-state index is -0.606. The van der Waals surface area contributed by atoms with E-state index in [1.165, 1.54) is 0 Å². The lowest BCUT2D eigenvalue weighted by molar-refractivity contribution is 0.0620. The molecule has 128 valence electrons. The van der Waals surface area contributed by atoms with Crippen LogP contribution in [-0.2, 0) is 9.47 Å². The summed E-state index contributed by atoms with van der Waals surface area (Å²) in [4.78, 5) is 23.8. The average molecular weight is 434 g/mol. The molecule has 0 unspecified atom stereocenters. The second-order valence-corrected chi connectivity index (χ2v) is 8.19. The highest BCUT2D eigenvalue weighted by atomic mass is 127. The number of halogens is 1. The van der Waals surface area contributed by atoms with E-state index in [1.54, 1.807) is 53.7 Å². The molecule has 6 nitrogen and oxygen atoms in total. The van der Waals surface area contributed by atoms with E-state index < -0.39 is 23.4 Å². The topological polar surface area (TPSA) is 76.7 Å². The minimum absolute atomic E-state index is 0.436. The van der Waals surface area contributed by atoms with Crippen molar-refractivity contribution in [2.75, 3.05) is 10.6 Å². The SMILES string of the molecule is CC(C)(C)OC(=O)Nc1ccc(I)cc1NC(=O)OC(C)(C)C. The molecule has 0 aromatic heterocycles. The summed E-state index contributed by atoms with van der Waals surface area (Å²) in [5, 5.41) is 5.27. The number of anilines is 2. The zero-order chi connectivity index (χ0) is 17.8. The first-order valence-corrected chi connectivity index (χ1v) is 8.23. The van der Waals surface area contributed by atoms with E-state index in [-0.39, 0.29) is 0 Å². The summed E-state index contributed by atoms with van der Waals surface area (Å²) in [7, 11) is 0. The van der Waals surface area contributed by atoms with Gasteiger partial charge in [-0.15, -0.1) is 0 Å². The number of carbonyl (C=O) groups excluding carboxylic acids is 2. The van der Waals surface area contributed by atoms with Crippen LogP contribution in [-0.4, -0.2) is 23.4 Å². The fourth-order valence-corrected chi connectivity index (χ4v) is 2.05. The van der Waals surface area contributed by atoms with Crippen molar-refractivity contribution in [2.24, 2.45) is 0 Å². The number of rotatable bonds is 2. The molecular formula is C16H23IN2O4. The van der Waals surface area contributed by atoms with Crippen LogP contribution in [0.1, 0.15) is 41.5 Å². The van der Waals surface area contributed by atoms with Crippen molar-refractivity contribution in [3.05, 3.63) is 21.8 Å². The summed E-state index contributed by atoms with van der Waals surface area (Å²) in [6.07, 6.45) is -1.18. The predicted octanol–water partition coefficient (Wildman–Crippen LogP) is 4.99. The van der Waals surface area contributed by atoms with Gasteiger partial charge in [-0.2, -0.15) is 0 Å². The molecule has 0 fully saturated rings. The Morgan fingerprint density at radius 1 is 0.870 bits per heavy atom. The quantitative estimate of drug-likeness (QED) is 0.644. The van der Waals surface area contributed by atoms with Gasteiger partial charge in [0, 0.05) is 3.57 Å². The highest BCUT2D eigenvalue weighted by molar-refractivity contribution is 14.1. The summed E-state index contributed by atoms with van der Waals surface area (Å²) in [6, 6.07) is 5.24. The largest absolute Gasteiger partial charge is 0.444 e. The Morgan fingerprint density at radius 3 is 1.74 bits per heavy atom. The van der Waals surface area contributed by atoms with E-state index in [1.807, 2.05) is 6.07 Å². The summed E-state index contributed by atoms with van der Waals surface area (Å²) >= 11 is 2.12. The van der Waals surface area contributed by atoms with Gasteiger partial charge in [-0.25, -0.2) is 9.59 Å². The van der Waals surface area contributed by atoms with E-state index in [9.17, 15) is 9.59 Å². The fourth-order valence-electron chi connectivity index (χ4n) is 1.56. The van der Waals surface area contributed by atoms with Gasteiger partial charge < -0.3 is 9.47 Å². The third-order valence-corrected chi connectivity index (χ3v) is 2.92. The summed E-state index contributed by atoms with van der Waals surface area (Å²) in [5.41, 5.74) is -0.334. The lowest BCUT2D eigenvalue weighted by Crippen LogP contribution is -2.29. The normalized spacial score (nSPS) is 11.6. The molecule has 1 aromatic rings. The molecule has 2 amide bonds. The Labute approximate surface area is 150 Å². The number of ether oxygens (including phenoxy) is 2. The van der Waals surface area contributed by atoms with E-state index >= 15 is 0 Å². The van der Waals surface area contributed by atoms with Crippen molar-refractivity contribution in [1.82, 2.24) is 0 Å². The average Bonchev–Trinajstić information content (AvgIpc) is 2.27. The molecule has 0 aliphatic heterocycles. The minimum Gasteiger partial charge on any atom is -0.444 e. The summed E-state index contributed by atoms with van der Waals surface area (Å²) < 4.78 is 11.3.